The minimum absolute atomic E-state index is 0.117. The smallest absolute Gasteiger partial charge is 0.261 e. The Morgan fingerprint density at radius 2 is 1.80 bits per heavy atom. The second-order valence-corrected chi connectivity index (χ2v) is 6.46. The molecule has 0 saturated carbocycles. The van der Waals surface area contributed by atoms with Gasteiger partial charge >= 0.3 is 0 Å². The van der Waals surface area contributed by atoms with Gasteiger partial charge in [0.05, 0.1) is 0 Å². The van der Waals surface area contributed by atoms with Crippen molar-refractivity contribution in [3.63, 3.8) is 0 Å². The normalized spacial score (nSPS) is 13.8. The molecule has 0 atom stereocenters. The fraction of sp³-hybridized carbons (Fsp3) is 0.368. The molecule has 0 aromatic heterocycles. The van der Waals surface area contributed by atoms with E-state index in [4.69, 9.17) is 5.11 Å². The number of nitrogens with zero attached hydrogens (tertiary/aromatic N) is 2. The summed E-state index contributed by atoms with van der Waals surface area (Å²) in [4.78, 5) is 28.9. The maximum absolute atomic E-state index is 12.8. The predicted octanol–water partition coefficient (Wildman–Crippen LogP) is 1.79. The topological polar surface area (TPSA) is 72.9 Å². The Bertz CT molecular complexity index is 795. The summed E-state index contributed by atoms with van der Waals surface area (Å²) >= 11 is 0. The largest absolute Gasteiger partial charge is 0.396 e. The molecule has 1 heterocycles. The monoisotopic (exact) mass is 341 g/mol. The number of amides is 2. The average molecular weight is 341 g/mol. The number of carbonyl (C=O) groups is 2. The molecule has 0 unspecified atom stereocenters. The van der Waals surface area contributed by atoms with Gasteiger partial charge in [-0.15, -0.1) is 0 Å². The molecule has 2 aromatic rings. The molecular formula is C19H23N3O3. The number of carbonyl (C=O) groups excluding carboxylic acids is 2. The highest BCUT2D eigenvalue weighted by molar-refractivity contribution is 6.26. The van der Waals surface area contributed by atoms with Crippen molar-refractivity contribution < 1.29 is 14.7 Å². The highest BCUT2D eigenvalue weighted by Gasteiger charge is 2.32. The molecule has 0 fully saturated rings. The van der Waals surface area contributed by atoms with Gasteiger partial charge in [-0.05, 0) is 38.7 Å². The average Bonchev–Trinajstić information content (AvgIpc) is 2.60. The standard InChI is InChI=1S/C19H23N3O3/c1-21(2)10-11-22-18(24)14-6-3-5-13-16(20-9-4-12-23)8-7-15(17(13)14)19(22)25/h3,5-8,20,23H,4,9-12H2,1-2H3. The van der Waals surface area contributed by atoms with Crippen molar-refractivity contribution in [3.8, 4) is 0 Å². The number of aliphatic hydroxyl groups is 1. The summed E-state index contributed by atoms with van der Waals surface area (Å²) in [6.45, 7) is 1.75. The van der Waals surface area contributed by atoms with Crippen LogP contribution in [-0.4, -0.2) is 67.1 Å². The maximum Gasteiger partial charge on any atom is 0.261 e. The van der Waals surface area contributed by atoms with Crippen LogP contribution in [0.1, 0.15) is 27.1 Å². The molecule has 6 heteroatoms. The van der Waals surface area contributed by atoms with Crippen LogP contribution in [0.25, 0.3) is 10.8 Å². The van der Waals surface area contributed by atoms with Crippen LogP contribution in [-0.2, 0) is 0 Å². The first kappa shape index (κ1) is 17.4. The van der Waals surface area contributed by atoms with E-state index in [0.717, 1.165) is 11.1 Å². The third kappa shape index (κ3) is 3.23. The van der Waals surface area contributed by atoms with Gasteiger partial charge in [-0.1, -0.05) is 12.1 Å². The molecule has 0 bridgehead atoms. The first-order chi connectivity index (χ1) is 12.0. The highest BCUT2D eigenvalue weighted by Crippen LogP contribution is 2.34. The van der Waals surface area contributed by atoms with Crippen LogP contribution >= 0.6 is 0 Å². The first-order valence-corrected chi connectivity index (χ1v) is 8.46. The van der Waals surface area contributed by atoms with Gasteiger partial charge in [-0.2, -0.15) is 0 Å². The van der Waals surface area contributed by atoms with Crippen LogP contribution in [0.4, 0.5) is 5.69 Å². The number of benzene rings is 2. The maximum atomic E-state index is 12.8. The van der Waals surface area contributed by atoms with E-state index in [0.29, 0.717) is 42.6 Å². The highest BCUT2D eigenvalue weighted by atomic mass is 16.3. The number of anilines is 1. The SMILES string of the molecule is CN(C)CCN1C(=O)c2cccc3c(NCCCO)ccc(c23)C1=O. The number of hydrogen-bond donors (Lipinski definition) is 2. The van der Waals surface area contributed by atoms with Crippen LogP contribution in [0.3, 0.4) is 0 Å². The fourth-order valence-corrected chi connectivity index (χ4v) is 3.11. The van der Waals surface area contributed by atoms with Crippen molar-refractivity contribution >= 4 is 28.3 Å². The lowest BCUT2D eigenvalue weighted by Crippen LogP contribution is -2.43. The zero-order valence-corrected chi connectivity index (χ0v) is 14.6. The van der Waals surface area contributed by atoms with E-state index in [-0.39, 0.29) is 18.4 Å². The van der Waals surface area contributed by atoms with E-state index in [1.807, 2.05) is 37.2 Å². The third-order valence-corrected chi connectivity index (χ3v) is 4.41. The Labute approximate surface area is 147 Å². The Hall–Kier alpha value is -2.44. The molecule has 132 valence electrons. The summed E-state index contributed by atoms with van der Waals surface area (Å²) in [6, 6.07) is 9.19. The number of likely N-dealkylation sites (N-methyl/N-ethyl adjacent to an activating group) is 1. The lowest BCUT2D eigenvalue weighted by Gasteiger charge is -2.28. The second-order valence-electron chi connectivity index (χ2n) is 6.46. The van der Waals surface area contributed by atoms with Crippen LogP contribution in [0.2, 0.25) is 0 Å². The Kier molecular flexibility index (Phi) is 5.01. The molecule has 6 nitrogen and oxygen atoms in total. The van der Waals surface area contributed by atoms with Crippen LogP contribution in [0.5, 0.6) is 0 Å². The molecule has 0 radical (unpaired) electrons. The number of nitrogens with one attached hydrogen (secondary N) is 1. The number of aliphatic hydroxyl groups excluding tert-OH is 1. The van der Waals surface area contributed by atoms with Crippen LogP contribution < -0.4 is 5.32 Å². The Balaban J connectivity index is 2.03. The van der Waals surface area contributed by atoms with Gasteiger partial charge in [-0.3, -0.25) is 14.5 Å². The van der Waals surface area contributed by atoms with E-state index < -0.39 is 0 Å². The molecule has 2 amide bonds. The molecule has 0 saturated heterocycles. The summed E-state index contributed by atoms with van der Waals surface area (Å²) in [6.07, 6.45) is 0.638. The molecule has 2 N–H and O–H groups in total. The lowest BCUT2D eigenvalue weighted by atomic mass is 9.93. The zero-order valence-electron chi connectivity index (χ0n) is 14.6. The van der Waals surface area contributed by atoms with Crippen LogP contribution in [0.15, 0.2) is 30.3 Å². The lowest BCUT2D eigenvalue weighted by molar-refractivity contribution is 0.0601. The predicted molar refractivity (Wildman–Crippen MR) is 98.1 cm³/mol. The van der Waals surface area contributed by atoms with E-state index in [1.54, 1.807) is 12.1 Å². The third-order valence-electron chi connectivity index (χ3n) is 4.41. The molecular weight excluding hydrogens is 318 g/mol. The molecule has 0 aliphatic carbocycles. The minimum atomic E-state index is -0.238. The quantitative estimate of drug-likeness (QED) is 0.593. The van der Waals surface area contributed by atoms with E-state index in [9.17, 15) is 9.59 Å². The molecule has 2 aromatic carbocycles. The molecule has 1 aliphatic heterocycles. The summed E-state index contributed by atoms with van der Waals surface area (Å²) in [7, 11) is 3.83. The molecule has 0 spiro atoms. The van der Waals surface area contributed by atoms with Crippen molar-refractivity contribution in [2.45, 2.75) is 6.42 Å². The molecule has 1 aliphatic rings. The van der Waals surface area contributed by atoms with E-state index in [1.165, 1.54) is 4.90 Å². The van der Waals surface area contributed by atoms with Gasteiger partial charge in [0.1, 0.15) is 0 Å². The van der Waals surface area contributed by atoms with Gasteiger partial charge < -0.3 is 15.3 Å². The van der Waals surface area contributed by atoms with Gasteiger partial charge in [0.15, 0.2) is 0 Å². The van der Waals surface area contributed by atoms with Gasteiger partial charge in [0.25, 0.3) is 11.8 Å². The van der Waals surface area contributed by atoms with E-state index >= 15 is 0 Å². The van der Waals surface area contributed by atoms with Crippen molar-refractivity contribution in [1.29, 1.82) is 0 Å². The van der Waals surface area contributed by atoms with Gasteiger partial charge in [-0.25, -0.2) is 0 Å². The van der Waals surface area contributed by atoms with Crippen molar-refractivity contribution in [1.82, 2.24) is 9.80 Å². The van der Waals surface area contributed by atoms with Crippen molar-refractivity contribution in [3.05, 3.63) is 41.5 Å². The van der Waals surface area contributed by atoms with Crippen molar-refractivity contribution in [2.75, 3.05) is 45.7 Å². The van der Waals surface area contributed by atoms with Crippen molar-refractivity contribution in [2.24, 2.45) is 0 Å². The van der Waals surface area contributed by atoms with Gasteiger partial charge in [0.2, 0.25) is 0 Å². The second kappa shape index (κ2) is 7.21. The van der Waals surface area contributed by atoms with E-state index in [2.05, 4.69) is 5.32 Å². The molecule has 25 heavy (non-hydrogen) atoms. The summed E-state index contributed by atoms with van der Waals surface area (Å²) in [5.41, 5.74) is 2.00. The molecule has 3 rings (SSSR count). The summed E-state index contributed by atoms with van der Waals surface area (Å²) < 4.78 is 0. The number of imide groups is 1. The fourth-order valence-electron chi connectivity index (χ4n) is 3.11. The summed E-state index contributed by atoms with van der Waals surface area (Å²) in [5, 5.41) is 13.8. The first-order valence-electron chi connectivity index (χ1n) is 8.46. The number of hydrogen-bond acceptors (Lipinski definition) is 5. The summed E-state index contributed by atoms with van der Waals surface area (Å²) in [5.74, 6) is -0.477. The minimum Gasteiger partial charge on any atom is -0.396 e. The zero-order chi connectivity index (χ0) is 18.0. The number of rotatable bonds is 7. The Morgan fingerprint density at radius 3 is 2.48 bits per heavy atom. The van der Waals surface area contributed by atoms with Gasteiger partial charge in [0, 0.05) is 53.8 Å². The Morgan fingerprint density at radius 1 is 1.08 bits per heavy atom. The van der Waals surface area contributed by atoms with Crippen LogP contribution in [0, 0.1) is 0 Å².